The van der Waals surface area contributed by atoms with Gasteiger partial charge < -0.3 is 18.9 Å². The van der Waals surface area contributed by atoms with Gasteiger partial charge in [0, 0.05) is 23.9 Å². The van der Waals surface area contributed by atoms with Crippen molar-refractivity contribution in [2.75, 3.05) is 34.1 Å². The van der Waals surface area contributed by atoms with Gasteiger partial charge in [0.1, 0.15) is 24.2 Å². The monoisotopic (exact) mass is 527 g/mol. The Hall–Kier alpha value is -3.17. The lowest BCUT2D eigenvalue weighted by molar-refractivity contribution is -0.129. The third kappa shape index (κ3) is 3.92. The molecule has 204 valence electrons. The predicted octanol–water partition coefficient (Wildman–Crippen LogP) is 5.46. The van der Waals surface area contributed by atoms with Crippen molar-refractivity contribution in [3.63, 3.8) is 0 Å². The van der Waals surface area contributed by atoms with E-state index in [1.807, 2.05) is 0 Å². The number of ether oxygens (including phenoxy) is 4. The van der Waals surface area contributed by atoms with E-state index in [-0.39, 0.29) is 18.2 Å². The predicted molar refractivity (Wildman–Crippen MR) is 148 cm³/mol. The first-order valence-electron chi connectivity index (χ1n) is 14.4. The second-order valence-corrected chi connectivity index (χ2v) is 12.2. The largest absolute Gasteiger partial charge is 0.492 e. The molecular weight excluding hydrogens is 490 g/mol. The molecule has 0 radical (unpaired) electrons. The average molecular weight is 528 g/mol. The van der Waals surface area contributed by atoms with E-state index < -0.39 is 0 Å². The summed E-state index contributed by atoms with van der Waals surface area (Å²) in [6, 6.07) is 8.61. The summed E-state index contributed by atoms with van der Waals surface area (Å²) in [5, 5.41) is 0. The van der Waals surface area contributed by atoms with Crippen LogP contribution in [0.2, 0.25) is 0 Å². The Balaban J connectivity index is 1.06. The molecule has 0 spiro atoms. The SMILES string of the molecule is COc1c2c(cc3c1[C@H](C#CCOc1ccc4c(c1)CC[C@@H]1[C@@H]4CC[C@]4(C)C(=O)CC[C@@H]14)N(C)CC3)OCO2. The van der Waals surface area contributed by atoms with Gasteiger partial charge in [0.2, 0.25) is 12.5 Å². The molecule has 0 unspecified atom stereocenters. The molecule has 6 nitrogen and oxygen atoms in total. The molecule has 5 atom stereocenters. The van der Waals surface area contributed by atoms with Crippen molar-refractivity contribution >= 4 is 5.78 Å². The van der Waals surface area contributed by atoms with Gasteiger partial charge in [-0.05, 0) is 98.2 Å². The van der Waals surface area contributed by atoms with Crippen molar-refractivity contribution in [2.24, 2.45) is 17.3 Å². The van der Waals surface area contributed by atoms with Crippen LogP contribution in [0.5, 0.6) is 23.0 Å². The highest BCUT2D eigenvalue weighted by Gasteiger charge is 2.54. The first-order valence-corrected chi connectivity index (χ1v) is 14.4. The maximum absolute atomic E-state index is 12.6. The number of rotatable bonds is 3. The third-order valence-corrected chi connectivity index (χ3v) is 10.4. The number of aryl methyl sites for hydroxylation is 1. The number of carbonyl (C=O) groups excluding carboxylic acids is 1. The fourth-order valence-electron chi connectivity index (χ4n) is 8.29. The van der Waals surface area contributed by atoms with Gasteiger partial charge in [0.25, 0.3) is 0 Å². The summed E-state index contributed by atoms with van der Waals surface area (Å²) in [4.78, 5) is 14.9. The highest BCUT2D eigenvalue weighted by molar-refractivity contribution is 5.87. The standard InChI is InChI=1S/C33H37NO5/c1-33-14-12-24-23-9-7-22(17-20(23)6-8-25(24)26(33)10-11-29(33)35)37-16-4-5-27-30-21(13-15-34(27)2)18-28-31(32(30)36-3)39-19-38-28/h7,9,17-18,24-27H,6,8,10-16,19H2,1-3H3/t24-,25-,26+,27+,33+/m1/s1. The van der Waals surface area contributed by atoms with E-state index in [2.05, 4.69) is 55.0 Å². The summed E-state index contributed by atoms with van der Waals surface area (Å²) < 4.78 is 23.3. The zero-order valence-corrected chi connectivity index (χ0v) is 23.2. The molecule has 5 aliphatic rings. The Morgan fingerprint density at radius 3 is 2.87 bits per heavy atom. The van der Waals surface area contributed by atoms with E-state index in [1.54, 1.807) is 7.11 Å². The molecule has 7 rings (SSSR count). The lowest BCUT2D eigenvalue weighted by Gasteiger charge is -2.48. The Morgan fingerprint density at radius 2 is 2.00 bits per heavy atom. The van der Waals surface area contributed by atoms with Crippen molar-refractivity contribution in [2.45, 2.75) is 63.8 Å². The molecule has 0 aromatic heterocycles. The Labute approximate surface area is 230 Å². The zero-order chi connectivity index (χ0) is 26.7. The zero-order valence-electron chi connectivity index (χ0n) is 23.2. The van der Waals surface area contributed by atoms with Gasteiger partial charge in [0.05, 0.1) is 7.11 Å². The summed E-state index contributed by atoms with van der Waals surface area (Å²) in [5.74, 6) is 12.1. The van der Waals surface area contributed by atoms with Crippen LogP contribution in [0.25, 0.3) is 0 Å². The number of benzene rings is 2. The molecular formula is C33H37NO5. The molecule has 0 amide bonds. The molecule has 2 aromatic carbocycles. The minimum atomic E-state index is -0.0956. The fourth-order valence-corrected chi connectivity index (χ4v) is 8.29. The van der Waals surface area contributed by atoms with Crippen LogP contribution in [0.1, 0.15) is 73.2 Å². The fraction of sp³-hybridized carbons (Fsp3) is 0.545. The molecule has 3 aliphatic carbocycles. The van der Waals surface area contributed by atoms with Crippen molar-refractivity contribution in [3.8, 4) is 34.8 Å². The maximum Gasteiger partial charge on any atom is 0.231 e. The number of methoxy groups -OCH3 is 1. The van der Waals surface area contributed by atoms with Gasteiger partial charge in [-0.1, -0.05) is 24.8 Å². The molecule has 2 aliphatic heterocycles. The van der Waals surface area contributed by atoms with E-state index in [9.17, 15) is 4.79 Å². The molecule has 2 aromatic rings. The van der Waals surface area contributed by atoms with Crippen LogP contribution in [0, 0.1) is 29.1 Å². The normalized spacial score (nSPS) is 30.4. The number of ketones is 1. The summed E-state index contributed by atoms with van der Waals surface area (Å²) in [6.07, 6.45) is 7.20. The van der Waals surface area contributed by atoms with E-state index in [4.69, 9.17) is 18.9 Å². The second kappa shape index (κ2) is 9.48. The van der Waals surface area contributed by atoms with Crippen LogP contribution >= 0.6 is 0 Å². The van der Waals surface area contributed by atoms with Crippen LogP contribution in [0.15, 0.2) is 24.3 Å². The first kappa shape index (κ1) is 24.8. The van der Waals surface area contributed by atoms with Crippen LogP contribution in [0.4, 0.5) is 0 Å². The number of carbonyl (C=O) groups is 1. The summed E-state index contributed by atoms with van der Waals surface area (Å²) in [6.45, 7) is 3.71. The van der Waals surface area contributed by atoms with Gasteiger partial charge >= 0.3 is 0 Å². The highest BCUT2D eigenvalue weighted by Crippen LogP contribution is 2.59. The molecule has 0 N–H and O–H groups in total. The minimum Gasteiger partial charge on any atom is -0.492 e. The van der Waals surface area contributed by atoms with Gasteiger partial charge in [-0.15, -0.1) is 0 Å². The summed E-state index contributed by atoms with van der Waals surface area (Å²) >= 11 is 0. The molecule has 0 saturated heterocycles. The number of Topliss-reactive ketones (excluding diaryl/α,β-unsaturated/α-hetero) is 1. The van der Waals surface area contributed by atoms with E-state index >= 15 is 0 Å². The third-order valence-electron chi connectivity index (χ3n) is 10.4. The first-order chi connectivity index (χ1) is 19.0. The Bertz CT molecular complexity index is 1390. The highest BCUT2D eigenvalue weighted by atomic mass is 16.7. The molecule has 0 bridgehead atoms. The minimum absolute atomic E-state index is 0.0713. The average Bonchev–Trinajstić information content (AvgIpc) is 3.54. The van der Waals surface area contributed by atoms with E-state index in [0.717, 1.165) is 67.9 Å². The smallest absolute Gasteiger partial charge is 0.231 e. The van der Waals surface area contributed by atoms with Crippen LogP contribution < -0.4 is 18.9 Å². The molecule has 2 saturated carbocycles. The van der Waals surface area contributed by atoms with Gasteiger partial charge in [-0.2, -0.15) is 0 Å². The Morgan fingerprint density at radius 1 is 1.10 bits per heavy atom. The van der Waals surface area contributed by atoms with Crippen molar-refractivity contribution in [1.82, 2.24) is 4.90 Å². The van der Waals surface area contributed by atoms with Crippen LogP contribution in [0.3, 0.4) is 0 Å². The number of nitrogens with zero attached hydrogens (tertiary/aromatic N) is 1. The number of hydrogen-bond donors (Lipinski definition) is 0. The van der Waals surface area contributed by atoms with Crippen molar-refractivity contribution < 1.29 is 23.7 Å². The summed E-state index contributed by atoms with van der Waals surface area (Å²) in [7, 11) is 3.77. The maximum atomic E-state index is 12.6. The number of hydrogen-bond acceptors (Lipinski definition) is 6. The van der Waals surface area contributed by atoms with Gasteiger partial charge in [0.15, 0.2) is 11.5 Å². The quantitative estimate of drug-likeness (QED) is 0.494. The molecule has 2 fully saturated rings. The lowest BCUT2D eigenvalue weighted by Crippen LogP contribution is -2.42. The van der Waals surface area contributed by atoms with Crippen LogP contribution in [-0.4, -0.2) is 44.8 Å². The molecule has 2 heterocycles. The lowest BCUT2D eigenvalue weighted by atomic mass is 9.55. The topological polar surface area (TPSA) is 57.2 Å². The summed E-state index contributed by atoms with van der Waals surface area (Å²) in [5.41, 5.74) is 5.10. The van der Waals surface area contributed by atoms with E-state index in [0.29, 0.717) is 35.9 Å². The molecule has 6 heteroatoms. The van der Waals surface area contributed by atoms with E-state index in [1.165, 1.54) is 23.1 Å². The van der Waals surface area contributed by atoms with Crippen LogP contribution in [-0.2, 0) is 17.6 Å². The van der Waals surface area contributed by atoms with Gasteiger partial charge in [-0.25, -0.2) is 0 Å². The van der Waals surface area contributed by atoms with Crippen molar-refractivity contribution in [1.29, 1.82) is 0 Å². The van der Waals surface area contributed by atoms with Gasteiger partial charge in [-0.3, -0.25) is 9.69 Å². The second-order valence-electron chi connectivity index (χ2n) is 12.2. The number of likely N-dealkylation sites (N-methyl/N-ethyl adjacent to an activating group) is 1. The Kier molecular flexibility index (Phi) is 6.04. The van der Waals surface area contributed by atoms with Crippen molar-refractivity contribution in [3.05, 3.63) is 46.5 Å². The number of fused-ring (bicyclic) bond motifs is 7. The molecule has 39 heavy (non-hydrogen) atoms.